The van der Waals surface area contributed by atoms with Crippen LogP contribution in [0.5, 0.6) is 0 Å². The van der Waals surface area contributed by atoms with Gasteiger partial charge in [-0.2, -0.15) is 0 Å². The van der Waals surface area contributed by atoms with Gasteiger partial charge in [-0.15, -0.1) is 0 Å². The van der Waals surface area contributed by atoms with Crippen molar-refractivity contribution in [2.24, 2.45) is 11.3 Å². The lowest BCUT2D eigenvalue weighted by Gasteiger charge is -2.26. The molecule has 0 spiro atoms. The van der Waals surface area contributed by atoms with E-state index in [1.807, 2.05) is 0 Å². The monoisotopic (exact) mass is 210 g/mol. The van der Waals surface area contributed by atoms with Crippen LogP contribution >= 0.6 is 0 Å². The van der Waals surface area contributed by atoms with Gasteiger partial charge in [0.1, 0.15) is 0 Å². The molecule has 1 saturated carbocycles. The van der Waals surface area contributed by atoms with Crippen molar-refractivity contribution in [1.82, 2.24) is 10.2 Å². The summed E-state index contributed by atoms with van der Waals surface area (Å²) in [4.78, 5) is 2.75. The third kappa shape index (κ3) is 2.73. The van der Waals surface area contributed by atoms with Crippen LogP contribution < -0.4 is 5.32 Å². The molecule has 1 N–H and O–H groups in total. The van der Waals surface area contributed by atoms with Crippen LogP contribution in [0.25, 0.3) is 0 Å². The fraction of sp³-hybridized carbons (Fsp3) is 1.00. The summed E-state index contributed by atoms with van der Waals surface area (Å²) in [6.07, 6.45) is 5.68. The highest BCUT2D eigenvalue weighted by atomic mass is 15.2. The van der Waals surface area contributed by atoms with Gasteiger partial charge < -0.3 is 5.32 Å². The molecule has 0 bridgehead atoms. The Morgan fingerprint density at radius 3 is 2.73 bits per heavy atom. The maximum absolute atomic E-state index is 3.32. The van der Waals surface area contributed by atoms with Gasteiger partial charge in [-0.3, -0.25) is 4.90 Å². The molecular weight excluding hydrogens is 184 g/mol. The molecule has 2 aliphatic rings. The van der Waals surface area contributed by atoms with Crippen LogP contribution in [0.3, 0.4) is 0 Å². The van der Waals surface area contributed by atoms with Gasteiger partial charge in [0.05, 0.1) is 0 Å². The molecule has 1 aliphatic heterocycles. The Balaban J connectivity index is 1.81. The predicted molar refractivity (Wildman–Crippen MR) is 65.0 cm³/mol. The van der Waals surface area contributed by atoms with E-state index >= 15 is 0 Å². The summed E-state index contributed by atoms with van der Waals surface area (Å²) in [5.41, 5.74) is 0.571. The summed E-state index contributed by atoms with van der Waals surface area (Å²) in [5, 5.41) is 3.32. The Hall–Kier alpha value is -0.0800. The number of hydrogen-bond donors (Lipinski definition) is 1. The van der Waals surface area contributed by atoms with Gasteiger partial charge in [-0.05, 0) is 57.2 Å². The van der Waals surface area contributed by atoms with Crippen molar-refractivity contribution in [1.29, 1.82) is 0 Å². The molecule has 0 aromatic rings. The molecule has 2 fully saturated rings. The second-order valence-corrected chi connectivity index (χ2v) is 6.28. The molecule has 2 rings (SSSR count). The molecule has 2 unspecified atom stereocenters. The number of likely N-dealkylation sites (tertiary alicyclic amines) is 1. The molecule has 2 heteroatoms. The van der Waals surface area contributed by atoms with E-state index in [0.717, 1.165) is 12.0 Å². The van der Waals surface area contributed by atoms with E-state index in [-0.39, 0.29) is 0 Å². The molecule has 1 saturated heterocycles. The van der Waals surface area contributed by atoms with Gasteiger partial charge in [0.15, 0.2) is 0 Å². The molecule has 0 radical (unpaired) electrons. The zero-order valence-electron chi connectivity index (χ0n) is 10.6. The number of nitrogens with zero attached hydrogens (tertiary/aromatic N) is 1. The Morgan fingerprint density at radius 2 is 2.13 bits per heavy atom. The van der Waals surface area contributed by atoms with Crippen molar-refractivity contribution in [3.63, 3.8) is 0 Å². The minimum absolute atomic E-state index is 0.571. The summed E-state index contributed by atoms with van der Waals surface area (Å²) in [7, 11) is 2.08. The lowest BCUT2D eigenvalue weighted by atomic mass is 9.93. The van der Waals surface area contributed by atoms with Crippen molar-refractivity contribution in [3.05, 3.63) is 0 Å². The first kappa shape index (κ1) is 11.4. The fourth-order valence-corrected chi connectivity index (χ4v) is 3.32. The molecule has 2 nitrogen and oxygen atoms in total. The molecule has 0 aromatic carbocycles. The Kier molecular flexibility index (Phi) is 3.36. The van der Waals surface area contributed by atoms with Crippen LogP contribution in [-0.4, -0.2) is 37.6 Å². The Morgan fingerprint density at radius 1 is 1.33 bits per heavy atom. The highest BCUT2D eigenvalue weighted by Crippen LogP contribution is 2.36. The first-order valence-electron chi connectivity index (χ1n) is 6.49. The molecule has 15 heavy (non-hydrogen) atoms. The van der Waals surface area contributed by atoms with E-state index in [1.165, 1.54) is 45.3 Å². The average molecular weight is 210 g/mol. The molecule has 0 aromatic heterocycles. The first-order valence-corrected chi connectivity index (χ1v) is 6.49. The largest absolute Gasteiger partial charge is 0.319 e. The Labute approximate surface area is 94.4 Å². The zero-order valence-corrected chi connectivity index (χ0v) is 10.6. The van der Waals surface area contributed by atoms with Gasteiger partial charge in [-0.1, -0.05) is 13.8 Å². The summed E-state index contributed by atoms with van der Waals surface area (Å²) in [6, 6.07) is 0.894. The molecule has 0 amide bonds. The highest BCUT2D eigenvalue weighted by Gasteiger charge is 2.36. The van der Waals surface area contributed by atoms with E-state index in [4.69, 9.17) is 0 Å². The minimum atomic E-state index is 0.571. The van der Waals surface area contributed by atoms with Crippen molar-refractivity contribution in [2.75, 3.05) is 26.7 Å². The zero-order chi connectivity index (χ0) is 10.9. The second kappa shape index (κ2) is 4.42. The van der Waals surface area contributed by atoms with E-state index in [2.05, 4.69) is 31.1 Å². The van der Waals surface area contributed by atoms with Crippen molar-refractivity contribution in [3.8, 4) is 0 Å². The van der Waals surface area contributed by atoms with Gasteiger partial charge in [0, 0.05) is 12.6 Å². The van der Waals surface area contributed by atoms with E-state index in [1.54, 1.807) is 0 Å². The van der Waals surface area contributed by atoms with Crippen molar-refractivity contribution in [2.45, 2.75) is 45.6 Å². The molecule has 1 heterocycles. The fourth-order valence-electron chi connectivity index (χ4n) is 3.32. The predicted octanol–water partition coefficient (Wildman–Crippen LogP) is 2.11. The minimum Gasteiger partial charge on any atom is -0.319 e. The number of nitrogens with one attached hydrogen (secondary N) is 1. The van der Waals surface area contributed by atoms with Crippen molar-refractivity contribution < 1.29 is 0 Å². The van der Waals surface area contributed by atoms with E-state index in [9.17, 15) is 0 Å². The quantitative estimate of drug-likeness (QED) is 0.767. The van der Waals surface area contributed by atoms with Crippen LogP contribution in [0.4, 0.5) is 0 Å². The lowest BCUT2D eigenvalue weighted by molar-refractivity contribution is 0.215. The van der Waals surface area contributed by atoms with Crippen LogP contribution in [0.2, 0.25) is 0 Å². The van der Waals surface area contributed by atoms with Gasteiger partial charge >= 0.3 is 0 Å². The van der Waals surface area contributed by atoms with Gasteiger partial charge in [0.2, 0.25) is 0 Å². The summed E-state index contributed by atoms with van der Waals surface area (Å²) < 4.78 is 0. The third-order valence-corrected chi connectivity index (χ3v) is 4.23. The first-order chi connectivity index (χ1) is 7.11. The molecule has 88 valence electrons. The van der Waals surface area contributed by atoms with Crippen LogP contribution in [0.1, 0.15) is 39.5 Å². The van der Waals surface area contributed by atoms with E-state index < -0.39 is 0 Å². The Bertz CT molecular complexity index is 213. The molecular formula is C13H26N2. The highest BCUT2D eigenvalue weighted by molar-refractivity contribution is 4.90. The summed E-state index contributed by atoms with van der Waals surface area (Å²) in [6.45, 7) is 8.70. The maximum Gasteiger partial charge on any atom is 0.00987 e. The second-order valence-electron chi connectivity index (χ2n) is 6.28. The lowest BCUT2D eigenvalue weighted by Crippen LogP contribution is -2.33. The van der Waals surface area contributed by atoms with Gasteiger partial charge in [-0.25, -0.2) is 0 Å². The van der Waals surface area contributed by atoms with Gasteiger partial charge in [0.25, 0.3) is 0 Å². The number of rotatable bonds is 3. The summed E-state index contributed by atoms with van der Waals surface area (Å²) >= 11 is 0. The van der Waals surface area contributed by atoms with E-state index in [0.29, 0.717) is 5.41 Å². The average Bonchev–Trinajstić information content (AvgIpc) is 2.73. The van der Waals surface area contributed by atoms with Crippen LogP contribution in [-0.2, 0) is 0 Å². The topological polar surface area (TPSA) is 15.3 Å². The normalized spacial score (nSPS) is 36.2. The standard InChI is InChI=1S/C13H26N2/c1-13(2)6-7-15(10-13)12-5-4-11(8-12)9-14-3/h11-12,14H,4-10H2,1-3H3. The maximum atomic E-state index is 3.32. The SMILES string of the molecule is CNCC1CCC(N2CCC(C)(C)C2)C1. The summed E-state index contributed by atoms with van der Waals surface area (Å²) in [5.74, 6) is 0.934. The third-order valence-electron chi connectivity index (χ3n) is 4.23. The van der Waals surface area contributed by atoms with Crippen LogP contribution in [0, 0.1) is 11.3 Å². The van der Waals surface area contributed by atoms with Crippen LogP contribution in [0.15, 0.2) is 0 Å². The molecule has 1 aliphatic carbocycles. The molecule has 2 atom stereocenters. The number of hydrogen-bond acceptors (Lipinski definition) is 2. The van der Waals surface area contributed by atoms with Crippen molar-refractivity contribution >= 4 is 0 Å². The smallest absolute Gasteiger partial charge is 0.00987 e.